The maximum absolute atomic E-state index is 11.2. The predicted molar refractivity (Wildman–Crippen MR) is 58.6 cm³/mol. The molecule has 6 nitrogen and oxygen atoms in total. The lowest BCUT2D eigenvalue weighted by Crippen LogP contribution is -2.09. The van der Waals surface area contributed by atoms with Gasteiger partial charge in [-0.05, 0) is 24.3 Å². The van der Waals surface area contributed by atoms with Gasteiger partial charge in [-0.1, -0.05) is 0 Å². The smallest absolute Gasteiger partial charge is 0.247 e. The van der Waals surface area contributed by atoms with E-state index in [0.29, 0.717) is 11.6 Å². The summed E-state index contributed by atoms with van der Waals surface area (Å²) in [6.07, 6.45) is 1.09. The molecular weight excluding hydrogens is 220 g/mol. The first-order valence-electron chi connectivity index (χ1n) is 4.83. The van der Waals surface area contributed by atoms with Gasteiger partial charge in [0.25, 0.3) is 0 Å². The molecule has 84 valence electrons. The van der Waals surface area contributed by atoms with Gasteiger partial charge in [0, 0.05) is 11.3 Å². The zero-order valence-electron chi connectivity index (χ0n) is 8.75. The Morgan fingerprint density at radius 1 is 1.41 bits per heavy atom. The molecule has 1 aromatic carbocycles. The number of hydrogen-bond donors (Lipinski definition) is 1. The fourth-order valence-electron chi connectivity index (χ4n) is 1.27. The zero-order chi connectivity index (χ0) is 12.1. The molecule has 0 fully saturated rings. The number of aromatic nitrogens is 2. The molecule has 0 saturated heterocycles. The van der Waals surface area contributed by atoms with Gasteiger partial charge in [0.05, 0.1) is 6.07 Å². The topological polar surface area (TPSA) is 91.8 Å². The molecule has 0 aliphatic carbocycles. The van der Waals surface area contributed by atoms with Crippen molar-refractivity contribution in [3.05, 3.63) is 30.7 Å². The van der Waals surface area contributed by atoms with Crippen LogP contribution in [0.25, 0.3) is 11.5 Å². The summed E-state index contributed by atoms with van der Waals surface area (Å²) in [5.74, 6) is 0.0814. The van der Waals surface area contributed by atoms with Crippen molar-refractivity contribution in [1.29, 1.82) is 5.26 Å². The molecule has 0 spiro atoms. The lowest BCUT2D eigenvalue weighted by molar-refractivity contribution is -0.115. The molecule has 2 aromatic rings. The highest BCUT2D eigenvalue weighted by Gasteiger charge is 2.04. The Kier molecular flexibility index (Phi) is 3.12. The van der Waals surface area contributed by atoms with Crippen LogP contribution in [0.3, 0.4) is 0 Å². The standard InChI is InChI=1S/C11H8N4O2/c12-6-5-10(16)14-9-3-1-8(2-4-9)11-15-13-7-17-11/h1-4,7H,5H2,(H,14,16). The van der Waals surface area contributed by atoms with Gasteiger partial charge in [-0.15, -0.1) is 10.2 Å². The Labute approximate surface area is 96.9 Å². The average molecular weight is 228 g/mol. The van der Waals surface area contributed by atoms with Gasteiger partial charge in [-0.25, -0.2) is 0 Å². The maximum Gasteiger partial charge on any atom is 0.247 e. The van der Waals surface area contributed by atoms with E-state index < -0.39 is 0 Å². The number of carbonyl (C=O) groups excluding carboxylic acids is 1. The summed E-state index contributed by atoms with van der Waals surface area (Å²) in [6, 6.07) is 8.67. The molecule has 0 saturated carbocycles. The zero-order valence-corrected chi connectivity index (χ0v) is 8.75. The molecule has 0 bridgehead atoms. The van der Waals surface area contributed by atoms with Gasteiger partial charge in [0.1, 0.15) is 6.42 Å². The second-order valence-electron chi connectivity index (χ2n) is 3.20. The van der Waals surface area contributed by atoms with E-state index in [1.807, 2.05) is 0 Å². The van der Waals surface area contributed by atoms with Crippen molar-refractivity contribution in [3.8, 4) is 17.5 Å². The number of nitrogens with one attached hydrogen (secondary N) is 1. The quantitative estimate of drug-likeness (QED) is 0.861. The fraction of sp³-hybridized carbons (Fsp3) is 0.0909. The van der Waals surface area contributed by atoms with E-state index in [9.17, 15) is 4.79 Å². The largest absolute Gasteiger partial charge is 0.423 e. The number of nitriles is 1. The minimum Gasteiger partial charge on any atom is -0.423 e. The number of amides is 1. The lowest BCUT2D eigenvalue weighted by Gasteiger charge is -2.02. The summed E-state index contributed by atoms with van der Waals surface area (Å²) in [4.78, 5) is 11.2. The summed E-state index contributed by atoms with van der Waals surface area (Å²) in [6.45, 7) is 0. The van der Waals surface area contributed by atoms with Gasteiger partial charge in [-0.2, -0.15) is 5.26 Å². The number of nitrogens with zero attached hydrogens (tertiary/aromatic N) is 3. The predicted octanol–water partition coefficient (Wildman–Crippen LogP) is 1.59. The van der Waals surface area contributed by atoms with Crippen LogP contribution in [-0.2, 0) is 4.79 Å². The Balaban J connectivity index is 2.09. The first kappa shape index (κ1) is 10.8. The SMILES string of the molecule is N#CCC(=O)Nc1ccc(-c2nnco2)cc1. The molecule has 1 N–H and O–H groups in total. The van der Waals surface area contributed by atoms with Crippen molar-refractivity contribution in [2.45, 2.75) is 6.42 Å². The maximum atomic E-state index is 11.2. The van der Waals surface area contributed by atoms with Crippen LogP contribution in [0.5, 0.6) is 0 Å². The van der Waals surface area contributed by atoms with E-state index in [1.165, 1.54) is 6.39 Å². The summed E-state index contributed by atoms with van der Waals surface area (Å²) in [5.41, 5.74) is 1.38. The highest BCUT2D eigenvalue weighted by Crippen LogP contribution is 2.18. The average Bonchev–Trinajstić information content (AvgIpc) is 2.84. The number of carbonyl (C=O) groups is 1. The van der Waals surface area contributed by atoms with E-state index in [2.05, 4.69) is 15.5 Å². The normalized spacial score (nSPS) is 9.59. The molecule has 0 radical (unpaired) electrons. The molecule has 0 unspecified atom stereocenters. The van der Waals surface area contributed by atoms with Crippen LogP contribution < -0.4 is 5.32 Å². The van der Waals surface area contributed by atoms with Crippen LogP contribution in [0.2, 0.25) is 0 Å². The van der Waals surface area contributed by atoms with E-state index in [4.69, 9.17) is 9.68 Å². The van der Waals surface area contributed by atoms with Gasteiger partial charge in [0.15, 0.2) is 0 Å². The molecule has 1 heterocycles. The van der Waals surface area contributed by atoms with Crippen LogP contribution in [0.15, 0.2) is 35.1 Å². The fourth-order valence-corrected chi connectivity index (χ4v) is 1.27. The highest BCUT2D eigenvalue weighted by molar-refractivity contribution is 5.92. The van der Waals surface area contributed by atoms with Gasteiger partial charge < -0.3 is 9.73 Å². The number of anilines is 1. The van der Waals surface area contributed by atoms with Crippen LogP contribution in [0, 0.1) is 11.3 Å². The van der Waals surface area contributed by atoms with Crippen molar-refractivity contribution in [3.63, 3.8) is 0 Å². The van der Waals surface area contributed by atoms with Crippen LogP contribution >= 0.6 is 0 Å². The Morgan fingerprint density at radius 3 is 2.76 bits per heavy atom. The van der Waals surface area contributed by atoms with Crippen molar-refractivity contribution in [1.82, 2.24) is 10.2 Å². The van der Waals surface area contributed by atoms with E-state index >= 15 is 0 Å². The number of benzene rings is 1. The van der Waals surface area contributed by atoms with Crippen LogP contribution in [0.4, 0.5) is 5.69 Å². The van der Waals surface area contributed by atoms with Crippen molar-refractivity contribution in [2.75, 3.05) is 5.32 Å². The summed E-state index contributed by atoms with van der Waals surface area (Å²) in [7, 11) is 0. The molecule has 1 amide bonds. The Bertz CT molecular complexity index is 540. The molecule has 6 heteroatoms. The highest BCUT2D eigenvalue weighted by atomic mass is 16.4. The molecule has 0 aliphatic heterocycles. The monoisotopic (exact) mass is 228 g/mol. The van der Waals surface area contributed by atoms with E-state index in [1.54, 1.807) is 30.3 Å². The summed E-state index contributed by atoms with van der Waals surface area (Å²) in [5, 5.41) is 18.3. The molecular formula is C11H8N4O2. The van der Waals surface area contributed by atoms with Crippen LogP contribution in [-0.4, -0.2) is 16.1 Å². The Morgan fingerprint density at radius 2 is 2.18 bits per heavy atom. The Hall–Kier alpha value is -2.68. The van der Waals surface area contributed by atoms with E-state index in [0.717, 1.165) is 5.56 Å². The van der Waals surface area contributed by atoms with Crippen molar-refractivity contribution >= 4 is 11.6 Å². The number of hydrogen-bond acceptors (Lipinski definition) is 5. The minimum absolute atomic E-state index is 0.161. The van der Waals surface area contributed by atoms with Gasteiger partial charge >= 0.3 is 0 Å². The van der Waals surface area contributed by atoms with Gasteiger partial charge in [-0.3, -0.25) is 4.79 Å². The first-order chi connectivity index (χ1) is 8.29. The second-order valence-corrected chi connectivity index (χ2v) is 3.20. The molecule has 17 heavy (non-hydrogen) atoms. The third-order valence-electron chi connectivity index (χ3n) is 2.02. The first-order valence-corrected chi connectivity index (χ1v) is 4.83. The third kappa shape index (κ3) is 2.66. The third-order valence-corrected chi connectivity index (χ3v) is 2.02. The van der Waals surface area contributed by atoms with Crippen molar-refractivity contribution < 1.29 is 9.21 Å². The minimum atomic E-state index is -0.335. The lowest BCUT2D eigenvalue weighted by atomic mass is 10.2. The molecule has 0 atom stereocenters. The summed E-state index contributed by atoms with van der Waals surface area (Å²) >= 11 is 0. The molecule has 2 rings (SSSR count). The molecule has 0 aliphatic rings. The van der Waals surface area contributed by atoms with Gasteiger partial charge in [0.2, 0.25) is 18.2 Å². The van der Waals surface area contributed by atoms with E-state index in [-0.39, 0.29) is 12.3 Å². The summed E-state index contributed by atoms with van der Waals surface area (Å²) < 4.78 is 5.03. The van der Waals surface area contributed by atoms with Crippen molar-refractivity contribution in [2.24, 2.45) is 0 Å². The second kappa shape index (κ2) is 4.90. The van der Waals surface area contributed by atoms with Crippen LogP contribution in [0.1, 0.15) is 6.42 Å². The number of rotatable bonds is 3. The molecule has 1 aromatic heterocycles.